The van der Waals surface area contributed by atoms with Gasteiger partial charge in [-0.3, -0.25) is 4.68 Å². The Labute approximate surface area is 180 Å². The van der Waals surface area contributed by atoms with E-state index in [-0.39, 0.29) is 0 Å². The zero-order chi connectivity index (χ0) is 21.6. The molecule has 1 aliphatic rings. The Morgan fingerprint density at radius 3 is 2.68 bits per heavy atom. The third-order valence-corrected chi connectivity index (χ3v) is 5.54. The van der Waals surface area contributed by atoms with Gasteiger partial charge in [0.1, 0.15) is 0 Å². The minimum atomic E-state index is -0.396. The number of esters is 1. The van der Waals surface area contributed by atoms with Gasteiger partial charge in [-0.25, -0.2) is 4.79 Å². The molecule has 0 amide bonds. The highest BCUT2D eigenvalue weighted by Gasteiger charge is 2.24. The number of nitrogens with zero attached hydrogens (tertiary/aromatic N) is 4. The molecule has 0 unspecified atom stereocenters. The average molecular weight is 422 g/mol. The first-order valence-corrected chi connectivity index (χ1v) is 10.5. The molecule has 31 heavy (non-hydrogen) atoms. The molecule has 0 atom stereocenters. The van der Waals surface area contributed by atoms with Gasteiger partial charge >= 0.3 is 5.97 Å². The van der Waals surface area contributed by atoms with E-state index >= 15 is 0 Å². The number of carbonyl (C=O) groups is 1. The van der Waals surface area contributed by atoms with Crippen molar-refractivity contribution in [3.05, 3.63) is 47.8 Å². The lowest BCUT2D eigenvalue weighted by Gasteiger charge is -2.24. The normalized spacial score (nSPS) is 14.9. The van der Waals surface area contributed by atoms with Gasteiger partial charge in [0, 0.05) is 18.7 Å². The van der Waals surface area contributed by atoms with E-state index in [4.69, 9.17) is 9.26 Å². The summed E-state index contributed by atoms with van der Waals surface area (Å²) in [4.78, 5) is 15.8. The van der Waals surface area contributed by atoms with Gasteiger partial charge in [0.05, 0.1) is 37.2 Å². The molecule has 1 saturated carbocycles. The molecule has 0 N–H and O–H groups in total. The van der Waals surface area contributed by atoms with Crippen LogP contribution in [-0.4, -0.2) is 40.1 Å². The summed E-state index contributed by atoms with van der Waals surface area (Å²) in [6.45, 7) is 0.435. The summed E-state index contributed by atoms with van der Waals surface area (Å²) >= 11 is 0. The predicted octanol–water partition coefficient (Wildman–Crippen LogP) is 4.44. The summed E-state index contributed by atoms with van der Waals surface area (Å²) in [5, 5.41) is 8.78. The second-order valence-electron chi connectivity index (χ2n) is 7.58. The molecule has 0 radical (unpaired) electrons. The third kappa shape index (κ3) is 4.74. The smallest absolute Gasteiger partial charge is 0.330 e. The molecule has 162 valence electrons. The highest BCUT2D eigenvalue weighted by Crippen LogP contribution is 2.33. The Morgan fingerprint density at radius 1 is 1.19 bits per heavy atom. The van der Waals surface area contributed by atoms with Crippen molar-refractivity contribution in [2.24, 2.45) is 0 Å². The predicted molar refractivity (Wildman–Crippen MR) is 115 cm³/mol. The molecule has 0 aliphatic heterocycles. The number of rotatable bonds is 7. The number of hydrogen-bond acceptors (Lipinski definition) is 7. The van der Waals surface area contributed by atoms with Crippen LogP contribution in [0.25, 0.3) is 28.9 Å². The zero-order valence-electron chi connectivity index (χ0n) is 17.8. The standard InChI is InChI=1S/C23H26N4O4/c1-29-15-20-19(14-24-27(20)18-6-4-3-5-7-18)23-25-22(26-31-23)17-11-8-16(9-12-17)10-13-21(28)30-2/h8-14,18H,3-7,15H2,1-2H3. The quantitative estimate of drug-likeness (QED) is 0.410. The molecular weight excluding hydrogens is 396 g/mol. The molecular formula is C23H26N4O4. The molecule has 0 spiro atoms. The summed E-state index contributed by atoms with van der Waals surface area (Å²) in [5.41, 5.74) is 3.46. The Hall–Kier alpha value is -3.26. The van der Waals surface area contributed by atoms with E-state index < -0.39 is 5.97 Å². The molecule has 2 heterocycles. The van der Waals surface area contributed by atoms with E-state index in [1.807, 2.05) is 24.3 Å². The zero-order valence-corrected chi connectivity index (χ0v) is 17.8. The second-order valence-corrected chi connectivity index (χ2v) is 7.58. The Kier molecular flexibility index (Phi) is 6.57. The van der Waals surface area contributed by atoms with Crippen LogP contribution < -0.4 is 0 Å². The summed E-state index contributed by atoms with van der Waals surface area (Å²) in [5.74, 6) is 0.526. The van der Waals surface area contributed by atoms with Gasteiger partial charge in [-0.1, -0.05) is 48.7 Å². The second kappa shape index (κ2) is 9.70. The lowest BCUT2D eigenvalue weighted by Crippen LogP contribution is -2.17. The van der Waals surface area contributed by atoms with Gasteiger partial charge in [-0.2, -0.15) is 10.1 Å². The fourth-order valence-electron chi connectivity index (χ4n) is 3.91. The summed E-state index contributed by atoms with van der Waals surface area (Å²) in [6, 6.07) is 7.91. The monoisotopic (exact) mass is 422 g/mol. The number of methoxy groups -OCH3 is 2. The number of carbonyl (C=O) groups excluding carboxylic acids is 1. The third-order valence-electron chi connectivity index (χ3n) is 5.54. The number of ether oxygens (including phenoxy) is 2. The first kappa shape index (κ1) is 21.0. The van der Waals surface area contributed by atoms with Gasteiger partial charge in [0.15, 0.2) is 0 Å². The van der Waals surface area contributed by atoms with Crippen molar-refractivity contribution in [2.45, 2.75) is 44.8 Å². The highest BCUT2D eigenvalue weighted by molar-refractivity contribution is 5.87. The van der Waals surface area contributed by atoms with Crippen LogP contribution in [0, 0.1) is 0 Å². The van der Waals surface area contributed by atoms with Crippen molar-refractivity contribution >= 4 is 12.0 Å². The van der Waals surface area contributed by atoms with Crippen molar-refractivity contribution < 1.29 is 18.8 Å². The molecule has 1 aliphatic carbocycles. The molecule has 3 aromatic rings. The fraction of sp³-hybridized carbons (Fsp3) is 0.391. The van der Waals surface area contributed by atoms with Crippen LogP contribution >= 0.6 is 0 Å². The maximum atomic E-state index is 11.2. The van der Waals surface area contributed by atoms with Crippen molar-refractivity contribution in [1.82, 2.24) is 19.9 Å². The Balaban J connectivity index is 1.56. The Bertz CT molecular complexity index is 1050. The van der Waals surface area contributed by atoms with Crippen molar-refractivity contribution in [2.75, 3.05) is 14.2 Å². The van der Waals surface area contributed by atoms with E-state index in [1.54, 1.807) is 19.4 Å². The van der Waals surface area contributed by atoms with Crippen molar-refractivity contribution in [3.63, 3.8) is 0 Å². The fourth-order valence-corrected chi connectivity index (χ4v) is 3.91. The van der Waals surface area contributed by atoms with Gasteiger partial charge in [0.25, 0.3) is 5.89 Å². The lowest BCUT2D eigenvalue weighted by molar-refractivity contribution is -0.134. The van der Waals surface area contributed by atoms with Gasteiger partial charge in [-0.05, 0) is 24.5 Å². The van der Waals surface area contributed by atoms with Crippen LogP contribution in [0.3, 0.4) is 0 Å². The van der Waals surface area contributed by atoms with Gasteiger partial charge < -0.3 is 14.0 Å². The van der Waals surface area contributed by atoms with Crippen LogP contribution in [0.15, 0.2) is 41.1 Å². The molecule has 4 rings (SSSR count). The molecule has 0 bridgehead atoms. The van der Waals surface area contributed by atoms with E-state index in [0.717, 1.165) is 35.2 Å². The molecule has 2 aromatic heterocycles. The van der Waals surface area contributed by atoms with Gasteiger partial charge in [-0.15, -0.1) is 0 Å². The van der Waals surface area contributed by atoms with Crippen molar-refractivity contribution in [3.8, 4) is 22.8 Å². The van der Waals surface area contributed by atoms with Crippen LogP contribution in [0.5, 0.6) is 0 Å². The van der Waals surface area contributed by atoms with Crippen LogP contribution in [0.1, 0.15) is 49.4 Å². The first-order chi connectivity index (χ1) is 15.2. The minimum Gasteiger partial charge on any atom is -0.466 e. The highest BCUT2D eigenvalue weighted by atomic mass is 16.5. The molecule has 1 fully saturated rings. The summed E-state index contributed by atoms with van der Waals surface area (Å²) in [7, 11) is 3.03. The first-order valence-electron chi connectivity index (χ1n) is 10.5. The van der Waals surface area contributed by atoms with E-state index in [1.165, 1.54) is 32.4 Å². The molecule has 1 aromatic carbocycles. The molecule has 0 saturated heterocycles. The SMILES string of the molecule is COCc1c(-c2nc(-c3ccc(C=CC(=O)OC)cc3)no2)cnn1C1CCCCC1. The summed E-state index contributed by atoms with van der Waals surface area (Å²) < 4.78 is 17.7. The topological polar surface area (TPSA) is 92.3 Å². The van der Waals surface area contributed by atoms with Crippen molar-refractivity contribution in [1.29, 1.82) is 0 Å². The number of aromatic nitrogens is 4. The Morgan fingerprint density at radius 2 is 1.97 bits per heavy atom. The minimum absolute atomic E-state index is 0.389. The van der Waals surface area contributed by atoms with E-state index in [0.29, 0.717) is 24.4 Å². The van der Waals surface area contributed by atoms with E-state index in [2.05, 4.69) is 24.7 Å². The lowest BCUT2D eigenvalue weighted by atomic mass is 9.95. The number of hydrogen-bond donors (Lipinski definition) is 0. The van der Waals surface area contributed by atoms with E-state index in [9.17, 15) is 4.79 Å². The summed E-state index contributed by atoms with van der Waals surface area (Å²) in [6.07, 6.45) is 10.9. The molecule has 8 heteroatoms. The van der Waals surface area contributed by atoms with Crippen LogP contribution in [0.4, 0.5) is 0 Å². The maximum absolute atomic E-state index is 11.2. The van der Waals surface area contributed by atoms with Gasteiger partial charge in [0.2, 0.25) is 5.82 Å². The van der Waals surface area contributed by atoms with Crippen LogP contribution in [-0.2, 0) is 20.9 Å². The van der Waals surface area contributed by atoms with Crippen LogP contribution in [0.2, 0.25) is 0 Å². The number of benzene rings is 1. The molecule has 8 nitrogen and oxygen atoms in total. The average Bonchev–Trinajstić information content (AvgIpc) is 3.46. The largest absolute Gasteiger partial charge is 0.466 e. The maximum Gasteiger partial charge on any atom is 0.330 e.